The lowest BCUT2D eigenvalue weighted by atomic mass is 10.1. The van der Waals surface area contributed by atoms with Gasteiger partial charge in [-0.2, -0.15) is 0 Å². The van der Waals surface area contributed by atoms with E-state index in [0.29, 0.717) is 6.54 Å². The predicted octanol–water partition coefficient (Wildman–Crippen LogP) is 4.33. The second kappa shape index (κ2) is 7.00. The molecule has 5 nitrogen and oxygen atoms in total. The van der Waals surface area contributed by atoms with Crippen molar-refractivity contribution in [3.05, 3.63) is 93.3 Å². The number of hydrogen-bond donors (Lipinski definition) is 1. The smallest absolute Gasteiger partial charge is 0.255 e. The molecule has 0 atom stereocenters. The maximum Gasteiger partial charge on any atom is 0.255 e. The highest BCUT2D eigenvalue weighted by atomic mass is 16.1. The van der Waals surface area contributed by atoms with E-state index in [1.165, 1.54) is 16.7 Å². The Hall–Kier alpha value is -3.34. The second-order valence-corrected chi connectivity index (χ2v) is 7.28. The van der Waals surface area contributed by atoms with Gasteiger partial charge in [-0.25, -0.2) is 4.98 Å². The van der Waals surface area contributed by atoms with Crippen LogP contribution in [0.3, 0.4) is 0 Å². The van der Waals surface area contributed by atoms with Crippen molar-refractivity contribution in [2.24, 2.45) is 0 Å². The Kier molecular flexibility index (Phi) is 4.51. The van der Waals surface area contributed by atoms with E-state index >= 15 is 0 Å². The van der Waals surface area contributed by atoms with Gasteiger partial charge in [-0.3, -0.25) is 9.36 Å². The van der Waals surface area contributed by atoms with Crippen molar-refractivity contribution in [2.45, 2.75) is 34.2 Å². The standard InChI is InChI=1S/C23H24N4O/c1-15-8-9-19(16(2)11-15)13-24-21-12-20(26-10-6-5-7-22(26)28)14-27-18(4)17(3)25-23(21)27/h5-12,14,24H,13H2,1-4H3. The number of nitrogens with one attached hydrogen (secondary N) is 1. The van der Waals surface area contributed by atoms with E-state index in [0.717, 1.165) is 28.4 Å². The molecule has 0 spiro atoms. The molecule has 3 aromatic heterocycles. The SMILES string of the molecule is Cc1ccc(CNc2cc(-n3ccccc3=O)cn3c(C)c(C)nc23)c(C)c1. The molecule has 0 bridgehead atoms. The Morgan fingerprint density at radius 1 is 1.04 bits per heavy atom. The number of imidazole rings is 1. The van der Waals surface area contributed by atoms with Gasteiger partial charge in [0.2, 0.25) is 0 Å². The van der Waals surface area contributed by atoms with Crippen LogP contribution in [0.25, 0.3) is 11.3 Å². The first-order valence-corrected chi connectivity index (χ1v) is 9.41. The zero-order valence-corrected chi connectivity index (χ0v) is 16.7. The fourth-order valence-electron chi connectivity index (χ4n) is 3.49. The molecule has 0 saturated heterocycles. The quantitative estimate of drug-likeness (QED) is 0.580. The van der Waals surface area contributed by atoms with Crippen LogP contribution in [0.2, 0.25) is 0 Å². The molecule has 0 aliphatic heterocycles. The Balaban J connectivity index is 1.81. The van der Waals surface area contributed by atoms with Gasteiger partial charge in [0.25, 0.3) is 5.56 Å². The lowest BCUT2D eigenvalue weighted by molar-refractivity contribution is 0.959. The number of rotatable bonds is 4. The lowest BCUT2D eigenvalue weighted by Gasteiger charge is -2.14. The molecule has 0 amide bonds. The minimum Gasteiger partial charge on any atom is -0.378 e. The summed E-state index contributed by atoms with van der Waals surface area (Å²) in [4.78, 5) is 17.1. The van der Waals surface area contributed by atoms with Crippen LogP contribution < -0.4 is 10.9 Å². The van der Waals surface area contributed by atoms with E-state index in [1.54, 1.807) is 22.9 Å². The number of benzene rings is 1. The van der Waals surface area contributed by atoms with Gasteiger partial charge in [0, 0.05) is 30.7 Å². The Morgan fingerprint density at radius 3 is 2.61 bits per heavy atom. The van der Waals surface area contributed by atoms with Crippen LogP contribution >= 0.6 is 0 Å². The van der Waals surface area contributed by atoms with Crippen LogP contribution in [0.4, 0.5) is 5.69 Å². The molecule has 0 radical (unpaired) electrons. The molecule has 4 rings (SSSR count). The Labute approximate surface area is 164 Å². The lowest BCUT2D eigenvalue weighted by Crippen LogP contribution is -2.16. The van der Waals surface area contributed by atoms with Gasteiger partial charge in [0.1, 0.15) is 0 Å². The summed E-state index contributed by atoms with van der Waals surface area (Å²) in [5.74, 6) is 0. The summed E-state index contributed by atoms with van der Waals surface area (Å²) >= 11 is 0. The number of hydrogen-bond acceptors (Lipinski definition) is 3. The molecule has 5 heteroatoms. The van der Waals surface area contributed by atoms with E-state index in [9.17, 15) is 4.79 Å². The summed E-state index contributed by atoms with van der Waals surface area (Å²) in [7, 11) is 0. The van der Waals surface area contributed by atoms with Crippen molar-refractivity contribution in [3.63, 3.8) is 0 Å². The van der Waals surface area contributed by atoms with E-state index in [2.05, 4.69) is 41.8 Å². The molecule has 0 saturated carbocycles. The molecule has 1 N–H and O–H groups in total. The van der Waals surface area contributed by atoms with Crippen LogP contribution in [-0.4, -0.2) is 14.0 Å². The van der Waals surface area contributed by atoms with Gasteiger partial charge in [0.05, 0.1) is 17.1 Å². The molecular weight excluding hydrogens is 348 g/mol. The summed E-state index contributed by atoms with van der Waals surface area (Å²) in [5.41, 5.74) is 8.33. The summed E-state index contributed by atoms with van der Waals surface area (Å²) in [6.07, 6.45) is 3.75. The van der Waals surface area contributed by atoms with Crippen LogP contribution in [-0.2, 0) is 6.54 Å². The van der Waals surface area contributed by atoms with Gasteiger partial charge >= 0.3 is 0 Å². The molecule has 0 aliphatic carbocycles. The average Bonchev–Trinajstić information content (AvgIpc) is 2.96. The maximum atomic E-state index is 12.3. The van der Waals surface area contributed by atoms with Gasteiger partial charge in [-0.15, -0.1) is 0 Å². The van der Waals surface area contributed by atoms with Gasteiger partial charge < -0.3 is 9.72 Å². The highest BCUT2D eigenvalue weighted by Gasteiger charge is 2.12. The van der Waals surface area contributed by atoms with Gasteiger partial charge in [-0.05, 0) is 51.0 Å². The number of aromatic nitrogens is 3. The van der Waals surface area contributed by atoms with Crippen LogP contribution in [0.1, 0.15) is 28.1 Å². The number of nitrogens with zero attached hydrogens (tertiary/aromatic N) is 3. The van der Waals surface area contributed by atoms with Gasteiger partial charge in [-0.1, -0.05) is 29.8 Å². The molecule has 0 unspecified atom stereocenters. The van der Waals surface area contributed by atoms with E-state index in [-0.39, 0.29) is 5.56 Å². The predicted molar refractivity (Wildman–Crippen MR) is 114 cm³/mol. The third-order valence-electron chi connectivity index (χ3n) is 5.25. The zero-order valence-electron chi connectivity index (χ0n) is 16.7. The highest BCUT2D eigenvalue weighted by Crippen LogP contribution is 2.24. The minimum atomic E-state index is -0.0586. The van der Waals surface area contributed by atoms with E-state index < -0.39 is 0 Å². The van der Waals surface area contributed by atoms with Crippen molar-refractivity contribution in [1.82, 2.24) is 14.0 Å². The molecule has 0 fully saturated rings. The third kappa shape index (κ3) is 3.20. The first-order valence-electron chi connectivity index (χ1n) is 9.41. The molecule has 4 aromatic rings. The van der Waals surface area contributed by atoms with Crippen molar-refractivity contribution < 1.29 is 0 Å². The number of pyridine rings is 2. The monoisotopic (exact) mass is 372 g/mol. The summed E-state index contributed by atoms with van der Waals surface area (Å²) in [5, 5.41) is 3.54. The largest absolute Gasteiger partial charge is 0.378 e. The number of fused-ring (bicyclic) bond motifs is 1. The summed E-state index contributed by atoms with van der Waals surface area (Å²) < 4.78 is 3.70. The average molecular weight is 372 g/mol. The zero-order chi connectivity index (χ0) is 19.8. The summed E-state index contributed by atoms with van der Waals surface area (Å²) in [6, 6.07) is 13.6. The van der Waals surface area contributed by atoms with Crippen LogP contribution in [0.15, 0.2) is 59.7 Å². The Morgan fingerprint density at radius 2 is 1.86 bits per heavy atom. The first kappa shape index (κ1) is 18.0. The van der Waals surface area contributed by atoms with Crippen molar-refractivity contribution in [1.29, 1.82) is 0 Å². The molecule has 0 aliphatic rings. The fraction of sp³-hybridized carbons (Fsp3) is 0.217. The molecule has 28 heavy (non-hydrogen) atoms. The first-order chi connectivity index (χ1) is 13.4. The van der Waals surface area contributed by atoms with E-state index in [4.69, 9.17) is 4.98 Å². The minimum absolute atomic E-state index is 0.0586. The van der Waals surface area contributed by atoms with Crippen molar-refractivity contribution in [3.8, 4) is 5.69 Å². The summed E-state index contributed by atoms with van der Waals surface area (Å²) in [6.45, 7) is 8.97. The van der Waals surface area contributed by atoms with Crippen LogP contribution in [0, 0.1) is 27.7 Å². The fourth-order valence-corrected chi connectivity index (χ4v) is 3.49. The normalized spacial score (nSPS) is 11.1. The van der Waals surface area contributed by atoms with Crippen LogP contribution in [0.5, 0.6) is 0 Å². The third-order valence-corrected chi connectivity index (χ3v) is 5.25. The number of aryl methyl sites for hydroxylation is 4. The Bertz CT molecular complexity index is 1230. The number of anilines is 1. The molecule has 3 heterocycles. The topological polar surface area (TPSA) is 51.3 Å². The maximum absolute atomic E-state index is 12.3. The van der Waals surface area contributed by atoms with E-state index in [1.807, 2.05) is 32.2 Å². The van der Waals surface area contributed by atoms with Crippen molar-refractivity contribution >= 4 is 11.3 Å². The molecule has 1 aromatic carbocycles. The molecule has 142 valence electrons. The van der Waals surface area contributed by atoms with Crippen molar-refractivity contribution in [2.75, 3.05) is 5.32 Å². The molecular formula is C23H24N4O. The second-order valence-electron chi connectivity index (χ2n) is 7.28. The highest BCUT2D eigenvalue weighted by molar-refractivity contribution is 5.71. The van der Waals surface area contributed by atoms with Gasteiger partial charge in [0.15, 0.2) is 5.65 Å².